The van der Waals surface area contributed by atoms with Gasteiger partial charge >= 0.3 is 0 Å². The van der Waals surface area contributed by atoms with Crippen molar-refractivity contribution in [2.45, 2.75) is 32.2 Å². The maximum atomic E-state index is 12.4. The second kappa shape index (κ2) is 7.76. The molecule has 0 atom stereocenters. The van der Waals surface area contributed by atoms with Crippen LogP contribution in [0.2, 0.25) is 0 Å². The van der Waals surface area contributed by atoms with Crippen molar-refractivity contribution in [3.63, 3.8) is 0 Å². The van der Waals surface area contributed by atoms with E-state index in [-0.39, 0.29) is 18.7 Å². The zero-order valence-electron chi connectivity index (χ0n) is 15.3. The number of aromatic nitrogens is 2. The van der Waals surface area contributed by atoms with Crippen LogP contribution in [0.25, 0.3) is 10.9 Å². The summed E-state index contributed by atoms with van der Waals surface area (Å²) in [5.41, 5.74) is 1.79. The number of piperazine rings is 1. The molecule has 2 aliphatic rings. The van der Waals surface area contributed by atoms with Crippen molar-refractivity contribution >= 4 is 16.6 Å². The Bertz CT molecular complexity index is 805. The minimum absolute atomic E-state index is 0.0592. The molecule has 1 aliphatic heterocycles. The van der Waals surface area contributed by atoms with Gasteiger partial charge in [-0.15, -0.1) is 0 Å². The van der Waals surface area contributed by atoms with E-state index < -0.39 is 0 Å². The first-order valence-corrected chi connectivity index (χ1v) is 9.82. The Morgan fingerprint density at radius 1 is 1.12 bits per heavy atom. The van der Waals surface area contributed by atoms with Crippen LogP contribution in [-0.4, -0.2) is 58.9 Å². The smallest absolute Gasteiger partial charge is 0.261 e. The Labute approximate surface area is 154 Å². The molecule has 1 N–H and O–H groups in total. The van der Waals surface area contributed by atoms with Gasteiger partial charge in [-0.05, 0) is 37.0 Å². The van der Waals surface area contributed by atoms with Gasteiger partial charge in [-0.3, -0.25) is 14.3 Å². The molecule has 2 heterocycles. The molecule has 6 nitrogen and oxygen atoms in total. The fraction of sp³-hybridized carbons (Fsp3) is 0.600. The second-order valence-electron chi connectivity index (χ2n) is 7.61. The highest BCUT2D eigenvalue weighted by atomic mass is 16.3. The fourth-order valence-electron chi connectivity index (χ4n) is 4.36. The first kappa shape index (κ1) is 17.5. The van der Waals surface area contributed by atoms with Crippen molar-refractivity contribution < 1.29 is 5.11 Å². The first-order chi connectivity index (χ1) is 12.7. The third-order valence-corrected chi connectivity index (χ3v) is 5.88. The fourth-order valence-corrected chi connectivity index (χ4v) is 4.36. The summed E-state index contributed by atoms with van der Waals surface area (Å²) in [4.78, 5) is 21.8. The Kier molecular flexibility index (Phi) is 5.22. The highest BCUT2D eigenvalue weighted by Crippen LogP contribution is 2.26. The lowest BCUT2D eigenvalue weighted by Crippen LogP contribution is -2.47. The third-order valence-electron chi connectivity index (χ3n) is 5.88. The molecular weight excluding hydrogens is 328 g/mol. The van der Waals surface area contributed by atoms with Crippen molar-refractivity contribution in [3.05, 3.63) is 34.9 Å². The summed E-state index contributed by atoms with van der Waals surface area (Å²) in [7, 11) is 0. The molecule has 0 bridgehead atoms. The minimum atomic E-state index is -0.0861. The molecule has 0 unspecified atom stereocenters. The number of aliphatic hydroxyl groups is 1. The maximum Gasteiger partial charge on any atom is 0.261 e. The molecular formula is C20H28N4O2. The topological polar surface area (TPSA) is 61.6 Å². The summed E-state index contributed by atoms with van der Waals surface area (Å²) in [6, 6.07) is 5.92. The Balaban J connectivity index is 1.44. The summed E-state index contributed by atoms with van der Waals surface area (Å²) in [5.74, 6) is 0.910. The minimum Gasteiger partial charge on any atom is -0.395 e. The van der Waals surface area contributed by atoms with Crippen LogP contribution in [0.5, 0.6) is 0 Å². The number of anilines is 1. The summed E-state index contributed by atoms with van der Waals surface area (Å²) < 4.78 is 1.46. The highest BCUT2D eigenvalue weighted by Gasteiger charge is 2.22. The molecule has 0 spiro atoms. The van der Waals surface area contributed by atoms with Gasteiger partial charge in [-0.1, -0.05) is 12.8 Å². The second-order valence-corrected chi connectivity index (χ2v) is 7.61. The van der Waals surface area contributed by atoms with E-state index in [4.69, 9.17) is 5.11 Å². The lowest BCUT2D eigenvalue weighted by atomic mass is 10.1. The van der Waals surface area contributed by atoms with Gasteiger partial charge in [0.05, 0.1) is 30.4 Å². The van der Waals surface area contributed by atoms with Crippen LogP contribution < -0.4 is 10.5 Å². The molecule has 1 saturated carbocycles. The standard InChI is InChI=1S/C20H28N4O2/c25-12-11-24-15-21-19-13-17(5-6-18(19)20(24)26)23-9-7-22(8-10-23)14-16-3-1-2-4-16/h5-6,13,15-16,25H,1-4,7-12,14H2. The predicted molar refractivity (Wildman–Crippen MR) is 104 cm³/mol. The van der Waals surface area contributed by atoms with Gasteiger partial charge in [0.2, 0.25) is 0 Å². The van der Waals surface area contributed by atoms with Crippen LogP contribution in [0.1, 0.15) is 25.7 Å². The maximum absolute atomic E-state index is 12.4. The quantitative estimate of drug-likeness (QED) is 0.884. The molecule has 140 valence electrons. The molecule has 0 amide bonds. The van der Waals surface area contributed by atoms with Gasteiger partial charge in [-0.2, -0.15) is 0 Å². The molecule has 2 fully saturated rings. The normalized spacial score (nSPS) is 19.5. The van der Waals surface area contributed by atoms with Gasteiger partial charge in [-0.25, -0.2) is 4.98 Å². The van der Waals surface area contributed by atoms with Crippen molar-refractivity contribution in [1.82, 2.24) is 14.5 Å². The third kappa shape index (κ3) is 3.62. The summed E-state index contributed by atoms with van der Waals surface area (Å²) in [5, 5.41) is 9.66. The average molecular weight is 356 g/mol. The zero-order valence-corrected chi connectivity index (χ0v) is 15.3. The number of nitrogens with zero attached hydrogens (tertiary/aromatic N) is 4. The van der Waals surface area contributed by atoms with Crippen molar-refractivity contribution in [3.8, 4) is 0 Å². The largest absolute Gasteiger partial charge is 0.395 e. The number of aliphatic hydroxyl groups excluding tert-OH is 1. The van der Waals surface area contributed by atoms with Gasteiger partial charge < -0.3 is 10.0 Å². The molecule has 2 aromatic rings. The SMILES string of the molecule is O=c1c2ccc(N3CCN(CC4CCCC4)CC3)cc2ncn1CCO. The summed E-state index contributed by atoms with van der Waals surface area (Å²) >= 11 is 0. The summed E-state index contributed by atoms with van der Waals surface area (Å²) in [6.07, 6.45) is 7.17. The number of fused-ring (bicyclic) bond motifs is 1. The number of hydrogen-bond donors (Lipinski definition) is 1. The highest BCUT2D eigenvalue weighted by molar-refractivity contribution is 5.81. The van der Waals surface area contributed by atoms with Crippen LogP contribution in [0, 0.1) is 5.92 Å². The first-order valence-electron chi connectivity index (χ1n) is 9.82. The van der Waals surface area contributed by atoms with Crippen LogP contribution in [0.15, 0.2) is 29.3 Å². The molecule has 1 saturated heterocycles. The van der Waals surface area contributed by atoms with Gasteiger partial charge in [0.1, 0.15) is 0 Å². The average Bonchev–Trinajstić information content (AvgIpc) is 3.18. The van der Waals surface area contributed by atoms with E-state index in [2.05, 4.69) is 14.8 Å². The molecule has 4 rings (SSSR count). The Morgan fingerprint density at radius 3 is 2.62 bits per heavy atom. The van der Waals surface area contributed by atoms with Crippen molar-refractivity contribution in [2.75, 3.05) is 44.2 Å². The van der Waals surface area contributed by atoms with Gasteiger partial charge in [0.15, 0.2) is 0 Å². The number of benzene rings is 1. The monoisotopic (exact) mass is 356 g/mol. The van der Waals surface area contributed by atoms with E-state index in [0.29, 0.717) is 5.39 Å². The van der Waals surface area contributed by atoms with E-state index in [1.54, 1.807) is 0 Å². The van der Waals surface area contributed by atoms with Crippen molar-refractivity contribution in [2.24, 2.45) is 5.92 Å². The van der Waals surface area contributed by atoms with E-state index >= 15 is 0 Å². The molecule has 6 heteroatoms. The van der Waals surface area contributed by atoms with Crippen LogP contribution >= 0.6 is 0 Å². The Morgan fingerprint density at radius 2 is 1.88 bits per heavy atom. The van der Waals surface area contributed by atoms with Gasteiger partial charge in [0.25, 0.3) is 5.56 Å². The lowest BCUT2D eigenvalue weighted by molar-refractivity contribution is 0.220. The molecule has 1 aliphatic carbocycles. The Hall–Kier alpha value is -1.92. The van der Waals surface area contributed by atoms with Crippen LogP contribution in [0.4, 0.5) is 5.69 Å². The molecule has 1 aromatic carbocycles. The van der Waals surface area contributed by atoms with Crippen LogP contribution in [-0.2, 0) is 6.54 Å². The predicted octanol–water partition coefficient (Wildman–Crippen LogP) is 1.70. The lowest BCUT2D eigenvalue weighted by Gasteiger charge is -2.37. The van der Waals surface area contributed by atoms with Crippen molar-refractivity contribution in [1.29, 1.82) is 0 Å². The van der Waals surface area contributed by atoms with E-state index in [9.17, 15) is 4.79 Å². The zero-order chi connectivity index (χ0) is 17.9. The molecule has 1 aromatic heterocycles. The summed E-state index contributed by atoms with van der Waals surface area (Å²) in [6.45, 7) is 5.76. The van der Waals surface area contributed by atoms with E-state index in [0.717, 1.165) is 43.3 Å². The molecule has 0 radical (unpaired) electrons. The molecule has 26 heavy (non-hydrogen) atoms. The van der Waals surface area contributed by atoms with Crippen LogP contribution in [0.3, 0.4) is 0 Å². The van der Waals surface area contributed by atoms with Gasteiger partial charge in [0, 0.05) is 38.4 Å². The number of hydrogen-bond acceptors (Lipinski definition) is 5. The van der Waals surface area contributed by atoms with E-state index in [1.165, 1.54) is 43.1 Å². The number of rotatable bonds is 5. The van der Waals surface area contributed by atoms with E-state index in [1.807, 2.05) is 18.2 Å².